The maximum absolute atomic E-state index is 12.7. The molecule has 6 nitrogen and oxygen atoms in total. The molecule has 4 rings (SSSR count). The fourth-order valence-corrected chi connectivity index (χ4v) is 2.84. The summed E-state index contributed by atoms with van der Waals surface area (Å²) >= 11 is 0. The molecule has 0 saturated carbocycles. The van der Waals surface area contributed by atoms with Gasteiger partial charge in [0, 0.05) is 0 Å². The number of carbonyl (C=O) groups excluding carboxylic acids is 1. The molecule has 2 aromatic carbocycles. The molecule has 24 heavy (non-hydrogen) atoms. The van der Waals surface area contributed by atoms with Gasteiger partial charge in [0.15, 0.2) is 0 Å². The lowest BCUT2D eigenvalue weighted by atomic mass is 9.96. The maximum Gasteiger partial charge on any atom is 0.231 e. The fraction of sp³-hybridized carbons (Fsp3) is 0.167. The number of carbonyl (C=O) groups is 1. The van der Waals surface area contributed by atoms with Gasteiger partial charge in [-0.05, 0) is 30.2 Å². The first-order chi connectivity index (χ1) is 11.8. The summed E-state index contributed by atoms with van der Waals surface area (Å²) in [6.45, 7) is 0.383. The minimum atomic E-state index is -0.219. The third-order valence-corrected chi connectivity index (χ3v) is 4.08. The van der Waals surface area contributed by atoms with Crippen molar-refractivity contribution in [3.63, 3.8) is 0 Å². The van der Waals surface area contributed by atoms with Crippen LogP contribution in [0, 0.1) is 5.92 Å². The van der Waals surface area contributed by atoms with E-state index in [0.29, 0.717) is 18.7 Å². The Morgan fingerprint density at radius 3 is 2.88 bits per heavy atom. The van der Waals surface area contributed by atoms with Crippen LogP contribution in [0.4, 0.5) is 5.69 Å². The zero-order chi connectivity index (χ0) is 16.4. The summed E-state index contributed by atoms with van der Waals surface area (Å²) < 4.78 is 7.34. The van der Waals surface area contributed by atoms with E-state index in [1.807, 2.05) is 48.5 Å². The van der Waals surface area contributed by atoms with Crippen LogP contribution < -0.4 is 10.1 Å². The number of fused-ring (bicyclic) bond motifs is 1. The lowest BCUT2D eigenvalue weighted by molar-refractivity contribution is -0.121. The van der Waals surface area contributed by atoms with Crippen molar-refractivity contribution in [3.05, 3.63) is 66.7 Å². The number of hydrogen-bond acceptors (Lipinski definition) is 4. The van der Waals surface area contributed by atoms with E-state index in [0.717, 1.165) is 17.0 Å². The molecule has 1 unspecified atom stereocenters. The zero-order valence-electron chi connectivity index (χ0n) is 12.9. The molecule has 0 fully saturated rings. The normalized spacial score (nSPS) is 16.1. The van der Waals surface area contributed by atoms with Gasteiger partial charge in [0.25, 0.3) is 0 Å². The van der Waals surface area contributed by atoms with Crippen LogP contribution in [0.15, 0.2) is 61.2 Å². The van der Waals surface area contributed by atoms with Crippen LogP contribution in [0.25, 0.3) is 5.69 Å². The minimum absolute atomic E-state index is 0.0583. The summed E-state index contributed by atoms with van der Waals surface area (Å²) in [7, 11) is 0. The molecule has 3 aromatic rings. The number of nitrogens with one attached hydrogen (secondary N) is 1. The predicted octanol–water partition coefficient (Wildman–Crippen LogP) is 2.46. The van der Waals surface area contributed by atoms with Crippen LogP contribution in [0.2, 0.25) is 0 Å². The molecule has 0 aliphatic carbocycles. The minimum Gasteiger partial charge on any atom is -0.492 e. The lowest BCUT2D eigenvalue weighted by Gasteiger charge is -2.24. The first kappa shape index (κ1) is 14.4. The average Bonchev–Trinajstić information content (AvgIpc) is 3.16. The van der Waals surface area contributed by atoms with Gasteiger partial charge < -0.3 is 10.1 Å². The third-order valence-electron chi connectivity index (χ3n) is 4.08. The van der Waals surface area contributed by atoms with Gasteiger partial charge in [-0.3, -0.25) is 4.79 Å². The van der Waals surface area contributed by atoms with Crippen molar-refractivity contribution in [1.82, 2.24) is 14.8 Å². The Hall–Kier alpha value is -3.15. The molecule has 6 heteroatoms. The van der Waals surface area contributed by atoms with Crippen molar-refractivity contribution in [1.29, 1.82) is 0 Å². The Morgan fingerprint density at radius 1 is 1.17 bits per heavy atom. The van der Waals surface area contributed by atoms with Gasteiger partial charge in [-0.15, -0.1) is 0 Å². The quantitative estimate of drug-likeness (QED) is 0.805. The van der Waals surface area contributed by atoms with Crippen LogP contribution in [0.5, 0.6) is 5.75 Å². The van der Waals surface area contributed by atoms with E-state index in [-0.39, 0.29) is 11.8 Å². The highest BCUT2D eigenvalue weighted by Gasteiger charge is 2.26. The summed E-state index contributed by atoms with van der Waals surface area (Å²) in [5.74, 6) is 0.588. The van der Waals surface area contributed by atoms with Gasteiger partial charge in [0.05, 0.1) is 17.3 Å². The van der Waals surface area contributed by atoms with Crippen molar-refractivity contribution in [2.75, 3.05) is 11.9 Å². The summed E-state index contributed by atoms with van der Waals surface area (Å²) in [5.41, 5.74) is 2.54. The number of ether oxygens (including phenoxy) is 1. The predicted molar refractivity (Wildman–Crippen MR) is 89.1 cm³/mol. The number of rotatable bonds is 3. The molecule has 1 aliphatic rings. The summed E-state index contributed by atoms with van der Waals surface area (Å²) in [5, 5.41) is 7.12. The standard InChI is InChI=1S/C18H16N4O2/c23-18(14-9-13-5-1-4-8-17(13)24-10-14)21-15-6-2-3-7-16(15)22-12-19-11-20-22/h1-8,11-12,14H,9-10H2,(H,21,23). The van der Waals surface area contributed by atoms with Crippen molar-refractivity contribution in [2.24, 2.45) is 5.92 Å². The van der Waals surface area contributed by atoms with Gasteiger partial charge in [0.2, 0.25) is 5.91 Å². The molecule has 0 saturated heterocycles. The lowest BCUT2D eigenvalue weighted by Crippen LogP contribution is -2.32. The van der Waals surface area contributed by atoms with Crippen LogP contribution in [0.1, 0.15) is 5.56 Å². The van der Waals surface area contributed by atoms with Crippen LogP contribution in [0.3, 0.4) is 0 Å². The SMILES string of the molecule is O=C(Nc1ccccc1-n1cncn1)C1COc2ccccc2C1. The molecule has 0 spiro atoms. The number of anilines is 1. The number of aromatic nitrogens is 3. The Bertz CT molecular complexity index is 861. The van der Waals surface area contributed by atoms with E-state index in [1.165, 1.54) is 6.33 Å². The maximum atomic E-state index is 12.7. The number of benzene rings is 2. The second kappa shape index (κ2) is 6.16. The molecule has 1 amide bonds. The smallest absolute Gasteiger partial charge is 0.231 e. The highest BCUT2D eigenvalue weighted by atomic mass is 16.5. The van der Waals surface area contributed by atoms with E-state index in [2.05, 4.69) is 15.4 Å². The number of amides is 1. The van der Waals surface area contributed by atoms with Crippen molar-refractivity contribution < 1.29 is 9.53 Å². The average molecular weight is 320 g/mol. The Morgan fingerprint density at radius 2 is 2.00 bits per heavy atom. The highest BCUT2D eigenvalue weighted by Crippen LogP contribution is 2.28. The van der Waals surface area contributed by atoms with E-state index >= 15 is 0 Å². The van der Waals surface area contributed by atoms with E-state index < -0.39 is 0 Å². The summed E-state index contributed by atoms with van der Waals surface area (Å²) in [6, 6.07) is 15.3. The first-order valence-corrected chi connectivity index (χ1v) is 7.77. The largest absolute Gasteiger partial charge is 0.492 e. The topological polar surface area (TPSA) is 69.0 Å². The van der Waals surface area contributed by atoms with Crippen LogP contribution >= 0.6 is 0 Å². The fourth-order valence-electron chi connectivity index (χ4n) is 2.84. The number of nitrogens with zero attached hydrogens (tertiary/aromatic N) is 3. The molecule has 1 N–H and O–H groups in total. The number of hydrogen-bond donors (Lipinski definition) is 1. The van der Waals surface area contributed by atoms with Gasteiger partial charge in [-0.1, -0.05) is 30.3 Å². The monoisotopic (exact) mass is 320 g/mol. The molecular formula is C18H16N4O2. The Balaban J connectivity index is 1.54. The number of para-hydroxylation sites is 3. The van der Waals surface area contributed by atoms with Gasteiger partial charge in [0.1, 0.15) is 25.0 Å². The molecule has 120 valence electrons. The molecular weight excluding hydrogens is 304 g/mol. The van der Waals surface area contributed by atoms with Gasteiger partial charge in [-0.2, -0.15) is 5.10 Å². The molecule has 1 atom stereocenters. The first-order valence-electron chi connectivity index (χ1n) is 7.77. The molecule has 0 bridgehead atoms. The zero-order valence-corrected chi connectivity index (χ0v) is 12.9. The van der Waals surface area contributed by atoms with Gasteiger partial charge in [-0.25, -0.2) is 9.67 Å². The Kier molecular flexibility index (Phi) is 3.70. The van der Waals surface area contributed by atoms with Crippen molar-refractivity contribution in [3.8, 4) is 11.4 Å². The summed E-state index contributed by atoms with van der Waals surface area (Å²) in [4.78, 5) is 16.6. The van der Waals surface area contributed by atoms with E-state index in [1.54, 1.807) is 11.0 Å². The van der Waals surface area contributed by atoms with Crippen molar-refractivity contribution >= 4 is 11.6 Å². The molecule has 2 heterocycles. The van der Waals surface area contributed by atoms with Crippen molar-refractivity contribution in [2.45, 2.75) is 6.42 Å². The Labute approximate surface area is 139 Å². The molecule has 0 radical (unpaired) electrons. The second-order valence-electron chi connectivity index (χ2n) is 5.67. The molecule has 1 aliphatic heterocycles. The van der Waals surface area contributed by atoms with Gasteiger partial charge >= 0.3 is 0 Å². The van der Waals surface area contributed by atoms with E-state index in [4.69, 9.17) is 4.74 Å². The van der Waals surface area contributed by atoms with E-state index in [9.17, 15) is 4.79 Å². The molecule has 1 aromatic heterocycles. The highest BCUT2D eigenvalue weighted by molar-refractivity contribution is 5.94. The van der Waals surface area contributed by atoms with Crippen LogP contribution in [-0.4, -0.2) is 27.3 Å². The third kappa shape index (κ3) is 2.74. The van der Waals surface area contributed by atoms with Crippen LogP contribution in [-0.2, 0) is 11.2 Å². The second-order valence-corrected chi connectivity index (χ2v) is 5.67. The summed E-state index contributed by atoms with van der Waals surface area (Å²) in [6.07, 6.45) is 3.74.